The SMILES string of the molecule is Cc1cc2c(nc1CCCCO[C@@H]1CCN([C@H](C(=O)O)c3ccccc3)C1)NCCC2. The monoisotopic (exact) mass is 423 g/mol. The molecule has 3 heterocycles. The third-order valence-corrected chi connectivity index (χ3v) is 6.36. The summed E-state index contributed by atoms with van der Waals surface area (Å²) in [5.74, 6) is 0.273. The van der Waals surface area contributed by atoms with Crippen LogP contribution in [0, 0.1) is 6.92 Å². The number of aromatic nitrogens is 1. The van der Waals surface area contributed by atoms with Gasteiger partial charge in [-0.15, -0.1) is 0 Å². The zero-order chi connectivity index (χ0) is 21.6. The fourth-order valence-corrected chi connectivity index (χ4v) is 4.70. The lowest BCUT2D eigenvalue weighted by Crippen LogP contribution is -2.33. The van der Waals surface area contributed by atoms with Crippen molar-refractivity contribution in [2.24, 2.45) is 0 Å². The van der Waals surface area contributed by atoms with Crippen molar-refractivity contribution >= 4 is 11.8 Å². The molecule has 0 spiro atoms. The molecule has 1 fully saturated rings. The van der Waals surface area contributed by atoms with E-state index in [4.69, 9.17) is 9.72 Å². The van der Waals surface area contributed by atoms with Crippen molar-refractivity contribution in [1.29, 1.82) is 0 Å². The van der Waals surface area contributed by atoms with Gasteiger partial charge in [0.1, 0.15) is 11.9 Å². The second-order valence-corrected chi connectivity index (χ2v) is 8.67. The zero-order valence-electron chi connectivity index (χ0n) is 18.3. The Hall–Kier alpha value is -2.44. The molecule has 1 aromatic carbocycles. The van der Waals surface area contributed by atoms with Crippen molar-refractivity contribution in [3.8, 4) is 0 Å². The van der Waals surface area contributed by atoms with Crippen LogP contribution < -0.4 is 5.32 Å². The molecule has 6 nitrogen and oxygen atoms in total. The second kappa shape index (κ2) is 10.2. The van der Waals surface area contributed by atoms with Gasteiger partial charge in [0.15, 0.2) is 0 Å². The molecule has 6 heteroatoms. The molecule has 166 valence electrons. The molecule has 0 saturated carbocycles. The number of carbonyl (C=O) groups is 1. The Labute approximate surface area is 184 Å². The average molecular weight is 424 g/mol. The molecule has 2 N–H and O–H groups in total. The van der Waals surface area contributed by atoms with Crippen LogP contribution in [0.15, 0.2) is 36.4 Å². The Kier molecular flexibility index (Phi) is 7.20. The number of unbranched alkanes of at least 4 members (excludes halogenated alkanes) is 1. The van der Waals surface area contributed by atoms with Crippen molar-refractivity contribution in [3.05, 3.63) is 58.8 Å². The minimum Gasteiger partial charge on any atom is -0.480 e. The number of rotatable bonds is 9. The highest BCUT2D eigenvalue weighted by Gasteiger charge is 2.33. The molecule has 4 rings (SSSR count). The number of hydrogen-bond donors (Lipinski definition) is 2. The van der Waals surface area contributed by atoms with Crippen LogP contribution in [-0.2, 0) is 22.4 Å². The van der Waals surface area contributed by atoms with E-state index in [1.807, 2.05) is 35.2 Å². The third kappa shape index (κ3) is 5.43. The molecule has 1 aromatic heterocycles. The Morgan fingerprint density at radius 2 is 2.16 bits per heavy atom. The average Bonchev–Trinajstić information content (AvgIpc) is 3.22. The number of anilines is 1. The molecule has 0 bridgehead atoms. The Morgan fingerprint density at radius 1 is 1.32 bits per heavy atom. The molecular formula is C25H33N3O3. The highest BCUT2D eigenvalue weighted by atomic mass is 16.5. The topological polar surface area (TPSA) is 74.7 Å². The van der Waals surface area contributed by atoms with Gasteiger partial charge in [-0.25, -0.2) is 4.98 Å². The summed E-state index contributed by atoms with van der Waals surface area (Å²) >= 11 is 0. The number of nitrogens with one attached hydrogen (secondary N) is 1. The highest BCUT2D eigenvalue weighted by molar-refractivity contribution is 5.75. The van der Waals surface area contributed by atoms with Crippen LogP contribution in [0.4, 0.5) is 5.82 Å². The maximum Gasteiger partial charge on any atom is 0.325 e. The van der Waals surface area contributed by atoms with Crippen LogP contribution in [0.1, 0.15) is 54.1 Å². The molecule has 2 aromatic rings. The number of likely N-dealkylation sites (tertiary alicyclic amines) is 1. The van der Waals surface area contributed by atoms with E-state index in [1.54, 1.807) is 0 Å². The first kappa shape index (κ1) is 21.8. The smallest absolute Gasteiger partial charge is 0.325 e. The fourth-order valence-electron chi connectivity index (χ4n) is 4.70. The van der Waals surface area contributed by atoms with Crippen LogP contribution in [0.2, 0.25) is 0 Å². The van der Waals surface area contributed by atoms with Crippen molar-refractivity contribution in [2.75, 3.05) is 31.6 Å². The summed E-state index contributed by atoms with van der Waals surface area (Å²) in [4.78, 5) is 18.7. The Balaban J connectivity index is 1.21. The van der Waals surface area contributed by atoms with Crippen LogP contribution in [0.3, 0.4) is 0 Å². The summed E-state index contributed by atoms with van der Waals surface area (Å²) in [5.41, 5.74) is 4.65. The second-order valence-electron chi connectivity index (χ2n) is 8.67. The number of aliphatic carboxylic acids is 1. The summed E-state index contributed by atoms with van der Waals surface area (Å²) < 4.78 is 6.09. The van der Waals surface area contributed by atoms with Crippen LogP contribution in [0.25, 0.3) is 0 Å². The number of hydrogen-bond acceptors (Lipinski definition) is 5. The van der Waals surface area contributed by atoms with Crippen LogP contribution in [0.5, 0.6) is 0 Å². The number of fused-ring (bicyclic) bond motifs is 1. The van der Waals surface area contributed by atoms with E-state index in [0.717, 1.165) is 56.6 Å². The summed E-state index contributed by atoms with van der Waals surface area (Å²) in [7, 11) is 0. The molecule has 0 unspecified atom stereocenters. The fraction of sp³-hybridized carbons (Fsp3) is 0.520. The van der Waals surface area contributed by atoms with E-state index in [-0.39, 0.29) is 6.10 Å². The number of pyridine rings is 1. The van der Waals surface area contributed by atoms with Gasteiger partial charge in [-0.3, -0.25) is 9.69 Å². The lowest BCUT2D eigenvalue weighted by molar-refractivity contribution is -0.143. The lowest BCUT2D eigenvalue weighted by atomic mass is 10.0. The largest absolute Gasteiger partial charge is 0.480 e. The first-order valence-corrected chi connectivity index (χ1v) is 11.5. The molecule has 2 atom stereocenters. The van der Waals surface area contributed by atoms with Gasteiger partial charge < -0.3 is 15.2 Å². The molecule has 0 aliphatic carbocycles. The zero-order valence-corrected chi connectivity index (χ0v) is 18.3. The molecule has 2 aliphatic heterocycles. The summed E-state index contributed by atoms with van der Waals surface area (Å²) in [6, 6.07) is 11.2. The van der Waals surface area contributed by atoms with Crippen LogP contribution in [-0.4, -0.2) is 53.3 Å². The number of carboxylic acid groups (broad SMARTS) is 1. The van der Waals surface area contributed by atoms with Gasteiger partial charge in [-0.2, -0.15) is 0 Å². The lowest BCUT2D eigenvalue weighted by Gasteiger charge is -2.24. The highest BCUT2D eigenvalue weighted by Crippen LogP contribution is 2.27. The van der Waals surface area contributed by atoms with Crippen molar-refractivity contribution in [1.82, 2.24) is 9.88 Å². The predicted octanol–water partition coefficient (Wildman–Crippen LogP) is 3.99. The first-order chi connectivity index (χ1) is 15.1. The molecule has 2 aliphatic rings. The van der Waals surface area contributed by atoms with Gasteiger partial charge in [-0.1, -0.05) is 36.4 Å². The number of nitrogens with zero attached hydrogens (tertiary/aromatic N) is 2. The first-order valence-electron chi connectivity index (χ1n) is 11.5. The number of aryl methyl sites for hydroxylation is 3. The van der Waals surface area contributed by atoms with E-state index in [2.05, 4.69) is 18.3 Å². The minimum absolute atomic E-state index is 0.110. The molecule has 0 radical (unpaired) electrons. The molecule has 0 amide bonds. The maximum absolute atomic E-state index is 11.9. The summed E-state index contributed by atoms with van der Waals surface area (Å²) in [5, 5.41) is 13.2. The maximum atomic E-state index is 11.9. The van der Waals surface area contributed by atoms with Gasteiger partial charge in [0.25, 0.3) is 0 Å². The predicted molar refractivity (Wildman–Crippen MR) is 121 cm³/mol. The molecule has 1 saturated heterocycles. The summed E-state index contributed by atoms with van der Waals surface area (Å²) in [6.45, 7) is 5.31. The van der Waals surface area contributed by atoms with Gasteiger partial charge >= 0.3 is 5.97 Å². The number of carboxylic acids is 1. The van der Waals surface area contributed by atoms with Crippen molar-refractivity contribution < 1.29 is 14.6 Å². The quantitative estimate of drug-likeness (QED) is 0.594. The number of benzene rings is 1. The van der Waals surface area contributed by atoms with E-state index >= 15 is 0 Å². The standard InChI is InChI=1S/C25H33N3O3/c1-18-16-20-10-7-13-26-24(20)27-22(18)11-5-6-15-31-21-12-14-28(17-21)23(25(29)30)19-8-3-2-4-9-19/h2-4,8-9,16,21,23H,5-7,10-15,17H2,1H3,(H,26,27)(H,29,30)/t21-,23+/m1/s1. The van der Waals surface area contributed by atoms with Crippen molar-refractivity contribution in [3.63, 3.8) is 0 Å². The van der Waals surface area contributed by atoms with E-state index in [0.29, 0.717) is 13.2 Å². The van der Waals surface area contributed by atoms with E-state index in [1.165, 1.54) is 23.2 Å². The van der Waals surface area contributed by atoms with Gasteiger partial charge in [0.05, 0.1) is 6.10 Å². The summed E-state index contributed by atoms with van der Waals surface area (Å²) in [6.07, 6.45) is 6.30. The van der Waals surface area contributed by atoms with Crippen LogP contribution >= 0.6 is 0 Å². The third-order valence-electron chi connectivity index (χ3n) is 6.36. The van der Waals surface area contributed by atoms with Gasteiger partial charge in [0, 0.05) is 31.9 Å². The molecular weight excluding hydrogens is 390 g/mol. The normalized spacial score (nSPS) is 19.6. The van der Waals surface area contributed by atoms with Crippen molar-refractivity contribution in [2.45, 2.75) is 57.6 Å². The van der Waals surface area contributed by atoms with Gasteiger partial charge in [-0.05, 0) is 62.1 Å². The molecule has 31 heavy (non-hydrogen) atoms. The van der Waals surface area contributed by atoms with E-state index in [9.17, 15) is 9.90 Å². The Bertz CT molecular complexity index is 887. The minimum atomic E-state index is -0.797. The van der Waals surface area contributed by atoms with E-state index < -0.39 is 12.0 Å². The Morgan fingerprint density at radius 3 is 2.97 bits per heavy atom. The van der Waals surface area contributed by atoms with Gasteiger partial charge in [0.2, 0.25) is 0 Å². The number of ether oxygens (including phenoxy) is 1.